The van der Waals surface area contributed by atoms with Gasteiger partial charge in [0.1, 0.15) is 18.4 Å². The predicted molar refractivity (Wildman–Crippen MR) is 182 cm³/mol. The van der Waals surface area contributed by atoms with Crippen LogP contribution in [-0.4, -0.2) is 4.57 Å². The number of hydrogen-bond acceptors (Lipinski definition) is 0. The van der Waals surface area contributed by atoms with E-state index < -0.39 is 0 Å². The van der Waals surface area contributed by atoms with Gasteiger partial charge in [-0.25, -0.2) is 9.13 Å². The summed E-state index contributed by atoms with van der Waals surface area (Å²) >= 11 is 0. The van der Waals surface area contributed by atoms with Crippen molar-refractivity contribution in [3.8, 4) is 0 Å². The summed E-state index contributed by atoms with van der Waals surface area (Å²) in [7, 11) is 0. The molecule has 0 aliphatic rings. The Morgan fingerprint density at radius 1 is 0.643 bits per heavy atom. The Morgan fingerprint density at radius 3 is 1.62 bits per heavy atom. The highest BCUT2D eigenvalue weighted by Crippen LogP contribution is 2.42. The van der Waals surface area contributed by atoms with E-state index in [1.165, 1.54) is 114 Å². The molecule has 0 saturated heterocycles. The molecule has 2 nitrogen and oxygen atoms in total. The number of nitrogens with zero attached hydrogens (tertiary/aromatic N) is 2. The molecule has 0 bridgehead atoms. The number of aryl methyl sites for hydroxylation is 1. The van der Waals surface area contributed by atoms with Crippen LogP contribution in [0.2, 0.25) is 0 Å². The van der Waals surface area contributed by atoms with Crippen molar-refractivity contribution in [2.24, 2.45) is 5.92 Å². The molecule has 0 aliphatic carbocycles. The average molecular weight is 572 g/mol. The van der Waals surface area contributed by atoms with Gasteiger partial charge in [-0.3, -0.25) is 0 Å². The fourth-order valence-electron chi connectivity index (χ4n) is 7.18. The van der Waals surface area contributed by atoms with E-state index in [1.807, 2.05) is 0 Å². The molecular weight excluding hydrogens is 508 g/mol. The van der Waals surface area contributed by atoms with E-state index in [4.69, 9.17) is 0 Å². The highest BCUT2D eigenvalue weighted by atomic mass is 15.1. The lowest BCUT2D eigenvalue weighted by molar-refractivity contribution is -0.697. The third-order valence-corrected chi connectivity index (χ3v) is 9.43. The van der Waals surface area contributed by atoms with Gasteiger partial charge in [0.15, 0.2) is 0 Å². The van der Waals surface area contributed by atoms with Crippen LogP contribution >= 0.6 is 0 Å². The van der Waals surface area contributed by atoms with E-state index in [2.05, 4.69) is 116 Å². The van der Waals surface area contributed by atoms with Crippen LogP contribution in [0.3, 0.4) is 0 Å². The van der Waals surface area contributed by atoms with Crippen molar-refractivity contribution in [3.63, 3.8) is 0 Å². The van der Waals surface area contributed by atoms with E-state index in [0.717, 1.165) is 13.0 Å². The van der Waals surface area contributed by atoms with Crippen LogP contribution in [0.4, 0.5) is 0 Å². The summed E-state index contributed by atoms with van der Waals surface area (Å²) in [4.78, 5) is 0. The fourth-order valence-corrected chi connectivity index (χ4v) is 7.18. The normalized spacial score (nSPS) is 13.8. The molecule has 232 valence electrons. The van der Waals surface area contributed by atoms with Gasteiger partial charge in [0, 0.05) is 5.41 Å². The molecule has 1 aromatic heterocycles. The summed E-state index contributed by atoms with van der Waals surface area (Å²) in [5.41, 5.74) is 2.82. The van der Waals surface area contributed by atoms with Gasteiger partial charge in [-0.2, -0.15) is 0 Å². The van der Waals surface area contributed by atoms with Crippen molar-refractivity contribution in [2.75, 3.05) is 0 Å². The maximum Gasteiger partial charge on any atom is 0.244 e. The first kappa shape index (κ1) is 34.1. The zero-order valence-corrected chi connectivity index (χ0v) is 27.8. The first-order valence-corrected chi connectivity index (χ1v) is 17.7. The highest BCUT2D eigenvalue weighted by molar-refractivity contribution is 5.31. The SMILES string of the molecule is CCCCCCCCCCCCCCCCCC[n+]1ccn(C(C(C)C)C(C)(Cc2ccccc2)c2ccccc2)c1. The first-order valence-electron chi connectivity index (χ1n) is 17.7. The Balaban J connectivity index is 1.39. The number of imidazole rings is 1. The monoisotopic (exact) mass is 571 g/mol. The fraction of sp³-hybridized carbons (Fsp3) is 0.625. The molecule has 0 spiro atoms. The van der Waals surface area contributed by atoms with Crippen LogP contribution in [0.5, 0.6) is 0 Å². The van der Waals surface area contributed by atoms with Gasteiger partial charge >= 0.3 is 0 Å². The second-order valence-corrected chi connectivity index (χ2v) is 13.5. The molecule has 1 heterocycles. The summed E-state index contributed by atoms with van der Waals surface area (Å²) in [5, 5.41) is 0. The van der Waals surface area contributed by atoms with Crippen molar-refractivity contribution >= 4 is 0 Å². The van der Waals surface area contributed by atoms with Crippen LogP contribution < -0.4 is 4.57 Å². The summed E-state index contributed by atoms with van der Waals surface area (Å²) in [6.45, 7) is 10.7. The average Bonchev–Trinajstić information content (AvgIpc) is 3.45. The van der Waals surface area contributed by atoms with Crippen LogP contribution in [0.1, 0.15) is 148 Å². The second-order valence-electron chi connectivity index (χ2n) is 13.5. The first-order chi connectivity index (χ1) is 20.5. The molecule has 0 fully saturated rings. The van der Waals surface area contributed by atoms with E-state index >= 15 is 0 Å². The highest BCUT2D eigenvalue weighted by Gasteiger charge is 2.42. The smallest absolute Gasteiger partial charge is 0.237 e. The van der Waals surface area contributed by atoms with Crippen molar-refractivity contribution in [1.29, 1.82) is 0 Å². The second kappa shape index (κ2) is 19.8. The molecule has 0 radical (unpaired) electrons. The van der Waals surface area contributed by atoms with E-state index in [0.29, 0.717) is 12.0 Å². The van der Waals surface area contributed by atoms with Crippen LogP contribution in [0.15, 0.2) is 79.4 Å². The minimum Gasteiger partial charge on any atom is -0.237 e. The molecular formula is C40H63N2+. The van der Waals surface area contributed by atoms with Crippen LogP contribution in [0, 0.1) is 5.92 Å². The van der Waals surface area contributed by atoms with E-state index in [1.54, 1.807) is 0 Å². The molecule has 2 atom stereocenters. The van der Waals surface area contributed by atoms with Crippen molar-refractivity contribution in [3.05, 3.63) is 90.5 Å². The lowest BCUT2D eigenvalue weighted by Gasteiger charge is -2.38. The van der Waals surface area contributed by atoms with Gasteiger partial charge in [-0.05, 0) is 36.3 Å². The van der Waals surface area contributed by atoms with Crippen molar-refractivity contribution in [1.82, 2.24) is 4.57 Å². The van der Waals surface area contributed by atoms with Crippen molar-refractivity contribution in [2.45, 2.75) is 155 Å². The maximum absolute atomic E-state index is 2.51. The number of rotatable bonds is 23. The molecule has 3 aromatic rings. The Hall–Kier alpha value is -2.35. The van der Waals surface area contributed by atoms with Gasteiger partial charge < -0.3 is 0 Å². The Labute approximate surface area is 260 Å². The topological polar surface area (TPSA) is 8.81 Å². The van der Waals surface area contributed by atoms with Gasteiger partial charge in [-0.15, -0.1) is 0 Å². The molecule has 42 heavy (non-hydrogen) atoms. The van der Waals surface area contributed by atoms with E-state index in [9.17, 15) is 0 Å². The predicted octanol–water partition coefficient (Wildman–Crippen LogP) is 11.4. The van der Waals surface area contributed by atoms with Gasteiger partial charge in [0.05, 0.1) is 6.54 Å². The maximum atomic E-state index is 2.51. The summed E-state index contributed by atoms with van der Waals surface area (Å²) in [6.07, 6.45) is 30.7. The van der Waals surface area contributed by atoms with Gasteiger partial charge in [-0.1, -0.05) is 178 Å². The minimum absolute atomic E-state index is 0.0120. The van der Waals surface area contributed by atoms with Crippen LogP contribution in [-0.2, 0) is 18.4 Å². The number of hydrogen-bond donors (Lipinski definition) is 0. The molecule has 2 aromatic carbocycles. The molecule has 2 unspecified atom stereocenters. The van der Waals surface area contributed by atoms with E-state index in [-0.39, 0.29) is 5.41 Å². The lowest BCUT2D eigenvalue weighted by atomic mass is 9.68. The Kier molecular flexibility index (Phi) is 16.1. The summed E-state index contributed by atoms with van der Waals surface area (Å²) < 4.78 is 4.93. The standard InChI is InChI=1S/C40H63N2/c1-5-6-7-8-9-10-11-12-13-14-15-16-17-18-19-26-31-41-32-33-42(35-41)39(36(2)3)40(4,38-29-24-21-25-30-38)34-37-27-22-20-23-28-37/h20-25,27-30,32-33,35-36,39H,5-19,26,31,34H2,1-4H3/q+1. The molecule has 0 N–H and O–H groups in total. The van der Waals surface area contributed by atoms with Crippen molar-refractivity contribution < 1.29 is 4.57 Å². The summed E-state index contributed by atoms with van der Waals surface area (Å²) in [6, 6.07) is 22.6. The van der Waals surface area contributed by atoms with Gasteiger partial charge in [0.25, 0.3) is 0 Å². The molecule has 0 saturated carbocycles. The lowest BCUT2D eigenvalue weighted by Crippen LogP contribution is -2.40. The number of benzene rings is 2. The zero-order valence-electron chi connectivity index (χ0n) is 27.8. The number of aromatic nitrogens is 2. The molecule has 2 heteroatoms. The quantitative estimate of drug-likeness (QED) is 0.0790. The largest absolute Gasteiger partial charge is 0.244 e. The van der Waals surface area contributed by atoms with Gasteiger partial charge in [0.2, 0.25) is 6.33 Å². The van der Waals surface area contributed by atoms with Crippen LogP contribution in [0.25, 0.3) is 0 Å². The Bertz CT molecular complexity index is 1050. The Morgan fingerprint density at radius 2 is 1.12 bits per heavy atom. The third-order valence-electron chi connectivity index (χ3n) is 9.43. The summed E-state index contributed by atoms with van der Waals surface area (Å²) in [5.74, 6) is 0.510. The zero-order chi connectivity index (χ0) is 29.9. The molecule has 3 rings (SSSR count). The third kappa shape index (κ3) is 11.7. The minimum atomic E-state index is -0.0120. The number of unbranched alkanes of at least 4 members (excludes halogenated alkanes) is 15. The molecule has 0 aliphatic heterocycles. The molecule has 0 amide bonds.